The van der Waals surface area contributed by atoms with Crippen LogP contribution in [-0.2, 0) is 6.54 Å². The molecule has 174 valence electrons. The van der Waals surface area contributed by atoms with Crippen molar-refractivity contribution in [3.8, 4) is 23.0 Å². The number of rotatable bonds is 7. The van der Waals surface area contributed by atoms with Crippen molar-refractivity contribution in [1.29, 1.82) is 0 Å². The summed E-state index contributed by atoms with van der Waals surface area (Å²) in [6.45, 7) is 4.20. The van der Waals surface area contributed by atoms with Gasteiger partial charge in [-0.05, 0) is 73.2 Å². The Morgan fingerprint density at radius 3 is 2.30 bits per heavy atom. The van der Waals surface area contributed by atoms with Crippen LogP contribution in [0.15, 0.2) is 54.7 Å². The zero-order valence-electron chi connectivity index (χ0n) is 19.3. The lowest BCUT2D eigenvalue weighted by Gasteiger charge is -2.39. The highest BCUT2D eigenvalue weighted by molar-refractivity contribution is 7.80. The van der Waals surface area contributed by atoms with Crippen LogP contribution in [0, 0.1) is 0 Å². The van der Waals surface area contributed by atoms with E-state index in [0.29, 0.717) is 29.0 Å². The number of hydrogen-bond acceptors (Lipinski definition) is 5. The van der Waals surface area contributed by atoms with Gasteiger partial charge in [0.1, 0.15) is 5.75 Å². The second kappa shape index (κ2) is 10.0. The highest BCUT2D eigenvalue weighted by Crippen LogP contribution is 2.43. The molecule has 0 aliphatic carbocycles. The molecule has 0 amide bonds. The van der Waals surface area contributed by atoms with E-state index in [0.717, 1.165) is 35.8 Å². The zero-order chi connectivity index (χ0) is 23.4. The normalized spacial score (nSPS) is 14.9. The average Bonchev–Trinajstić information content (AvgIpc) is 3.32. The molecule has 0 fully saturated rings. The number of nitrogens with zero attached hydrogens (tertiary/aromatic N) is 2. The van der Waals surface area contributed by atoms with Gasteiger partial charge in [0.05, 0.1) is 34.0 Å². The SMILES string of the molecule is CCOc1ccc(NC(=S)N2CCn3cccc3[C@@H]2c2cc(OC)c(OC)c(OC)c2)cc1. The lowest BCUT2D eigenvalue weighted by molar-refractivity contribution is 0.288. The zero-order valence-corrected chi connectivity index (χ0v) is 20.1. The van der Waals surface area contributed by atoms with Crippen LogP contribution in [0.2, 0.25) is 0 Å². The van der Waals surface area contributed by atoms with Gasteiger partial charge in [0.25, 0.3) is 0 Å². The van der Waals surface area contributed by atoms with Crippen molar-refractivity contribution >= 4 is 23.0 Å². The van der Waals surface area contributed by atoms with Gasteiger partial charge in [-0.2, -0.15) is 0 Å². The van der Waals surface area contributed by atoms with E-state index in [2.05, 4.69) is 33.1 Å². The summed E-state index contributed by atoms with van der Waals surface area (Å²) < 4.78 is 24.5. The van der Waals surface area contributed by atoms with Crippen LogP contribution in [0.25, 0.3) is 0 Å². The van der Waals surface area contributed by atoms with Crippen LogP contribution in [0.4, 0.5) is 5.69 Å². The molecule has 0 bridgehead atoms. The molecule has 33 heavy (non-hydrogen) atoms. The minimum atomic E-state index is -0.120. The van der Waals surface area contributed by atoms with Gasteiger partial charge in [-0.25, -0.2) is 0 Å². The maximum Gasteiger partial charge on any atom is 0.203 e. The Labute approximate surface area is 199 Å². The fraction of sp³-hybridized carbons (Fsp3) is 0.320. The number of benzene rings is 2. The van der Waals surface area contributed by atoms with Crippen molar-refractivity contribution in [2.75, 3.05) is 39.8 Å². The van der Waals surface area contributed by atoms with Crippen LogP contribution in [-0.4, -0.2) is 49.1 Å². The number of nitrogens with one attached hydrogen (secondary N) is 1. The summed E-state index contributed by atoms with van der Waals surface area (Å²) in [6.07, 6.45) is 2.10. The third-order valence-electron chi connectivity index (χ3n) is 5.72. The number of methoxy groups -OCH3 is 3. The van der Waals surface area contributed by atoms with E-state index in [1.807, 2.05) is 43.3 Å². The molecule has 0 unspecified atom stereocenters. The Balaban J connectivity index is 1.69. The molecule has 1 atom stereocenters. The summed E-state index contributed by atoms with van der Waals surface area (Å²) in [5.74, 6) is 2.62. The predicted molar refractivity (Wildman–Crippen MR) is 133 cm³/mol. The van der Waals surface area contributed by atoms with Crippen molar-refractivity contribution in [3.63, 3.8) is 0 Å². The van der Waals surface area contributed by atoms with Gasteiger partial charge in [-0.3, -0.25) is 0 Å². The van der Waals surface area contributed by atoms with Gasteiger partial charge < -0.3 is 33.7 Å². The first-order valence-electron chi connectivity index (χ1n) is 10.8. The predicted octanol–water partition coefficient (Wildman–Crippen LogP) is 4.71. The van der Waals surface area contributed by atoms with E-state index in [9.17, 15) is 0 Å². The topological polar surface area (TPSA) is 57.1 Å². The maximum atomic E-state index is 5.88. The smallest absolute Gasteiger partial charge is 0.203 e. The van der Waals surface area contributed by atoms with Gasteiger partial charge in [-0.1, -0.05) is 0 Å². The van der Waals surface area contributed by atoms with Crippen LogP contribution in [0.1, 0.15) is 24.2 Å². The van der Waals surface area contributed by atoms with Crippen LogP contribution in [0.5, 0.6) is 23.0 Å². The van der Waals surface area contributed by atoms with E-state index in [-0.39, 0.29) is 6.04 Å². The average molecular weight is 468 g/mol. The molecule has 7 nitrogen and oxygen atoms in total. The Hall–Kier alpha value is -3.39. The second-order valence-corrected chi connectivity index (χ2v) is 7.96. The number of fused-ring (bicyclic) bond motifs is 1. The molecule has 3 aromatic rings. The van der Waals surface area contributed by atoms with Crippen molar-refractivity contribution in [2.24, 2.45) is 0 Å². The summed E-state index contributed by atoms with van der Waals surface area (Å²) in [4.78, 5) is 2.20. The molecule has 8 heteroatoms. The molecule has 2 aromatic carbocycles. The summed E-state index contributed by atoms with van der Waals surface area (Å²) in [7, 11) is 4.86. The Kier molecular flexibility index (Phi) is 6.93. The Morgan fingerprint density at radius 1 is 1.00 bits per heavy atom. The minimum absolute atomic E-state index is 0.120. The quantitative estimate of drug-likeness (QED) is 0.505. The van der Waals surface area contributed by atoms with Crippen LogP contribution < -0.4 is 24.3 Å². The molecule has 0 spiro atoms. The van der Waals surface area contributed by atoms with Gasteiger partial charge >= 0.3 is 0 Å². The van der Waals surface area contributed by atoms with Gasteiger partial charge in [-0.15, -0.1) is 0 Å². The highest BCUT2D eigenvalue weighted by Gasteiger charge is 2.32. The molecule has 1 aliphatic rings. The highest BCUT2D eigenvalue weighted by atomic mass is 32.1. The third-order valence-corrected chi connectivity index (χ3v) is 6.06. The van der Waals surface area contributed by atoms with E-state index >= 15 is 0 Å². The molecule has 0 saturated heterocycles. The van der Waals surface area contributed by atoms with E-state index in [4.69, 9.17) is 31.2 Å². The first kappa shape index (κ1) is 22.8. The van der Waals surface area contributed by atoms with E-state index in [1.165, 1.54) is 0 Å². The molecule has 1 N–H and O–H groups in total. The number of ether oxygens (including phenoxy) is 4. The van der Waals surface area contributed by atoms with Crippen molar-refractivity contribution in [1.82, 2.24) is 9.47 Å². The molecule has 0 saturated carbocycles. The number of anilines is 1. The maximum absolute atomic E-state index is 5.88. The third kappa shape index (κ3) is 4.57. The van der Waals surface area contributed by atoms with Crippen molar-refractivity contribution in [3.05, 3.63) is 66.0 Å². The Bertz CT molecular complexity index is 1090. The van der Waals surface area contributed by atoms with Crippen molar-refractivity contribution in [2.45, 2.75) is 19.5 Å². The van der Waals surface area contributed by atoms with Crippen molar-refractivity contribution < 1.29 is 18.9 Å². The van der Waals surface area contributed by atoms with Gasteiger partial charge in [0, 0.05) is 30.7 Å². The fourth-order valence-corrected chi connectivity index (χ4v) is 4.52. The molecule has 1 aliphatic heterocycles. The standard InChI is InChI=1S/C25H29N3O4S/c1-5-32-19-10-8-18(9-11-19)26-25(33)28-14-13-27-12-6-7-20(27)23(28)17-15-21(29-2)24(31-4)22(16-17)30-3/h6-12,15-16,23H,5,13-14H2,1-4H3,(H,26,33)/t23-/m0/s1. The Morgan fingerprint density at radius 2 is 1.70 bits per heavy atom. The first-order valence-corrected chi connectivity index (χ1v) is 11.3. The van der Waals surface area contributed by atoms with Crippen LogP contribution >= 0.6 is 12.2 Å². The molecule has 0 radical (unpaired) electrons. The van der Waals surface area contributed by atoms with E-state index in [1.54, 1.807) is 21.3 Å². The molecule has 1 aromatic heterocycles. The monoisotopic (exact) mass is 467 g/mol. The summed E-state index contributed by atoms with van der Waals surface area (Å²) in [6, 6.07) is 15.9. The first-order chi connectivity index (χ1) is 16.1. The summed E-state index contributed by atoms with van der Waals surface area (Å²) in [5, 5.41) is 4.03. The molecule has 2 heterocycles. The lowest BCUT2D eigenvalue weighted by Crippen LogP contribution is -2.44. The largest absolute Gasteiger partial charge is 0.494 e. The summed E-state index contributed by atoms with van der Waals surface area (Å²) in [5.41, 5.74) is 3.06. The minimum Gasteiger partial charge on any atom is -0.494 e. The van der Waals surface area contributed by atoms with Gasteiger partial charge in [0.2, 0.25) is 5.75 Å². The molecule has 4 rings (SSSR count). The molecular weight excluding hydrogens is 438 g/mol. The number of thiocarbonyl (C=S) groups is 1. The van der Waals surface area contributed by atoms with Gasteiger partial charge in [0.15, 0.2) is 16.6 Å². The van der Waals surface area contributed by atoms with E-state index < -0.39 is 0 Å². The fourth-order valence-electron chi connectivity index (χ4n) is 4.21. The number of aromatic nitrogens is 1. The van der Waals surface area contributed by atoms with Crippen LogP contribution in [0.3, 0.4) is 0 Å². The number of hydrogen-bond donors (Lipinski definition) is 1. The molecular formula is C25H29N3O4S. The lowest BCUT2D eigenvalue weighted by atomic mass is 9.99. The summed E-state index contributed by atoms with van der Waals surface area (Å²) >= 11 is 5.88. The second-order valence-electron chi connectivity index (χ2n) is 7.57.